The van der Waals surface area contributed by atoms with E-state index in [1.807, 2.05) is 0 Å². The van der Waals surface area contributed by atoms with E-state index in [0.717, 1.165) is 83.9 Å². The van der Waals surface area contributed by atoms with Crippen molar-refractivity contribution in [1.29, 1.82) is 0 Å². The first-order valence-electron chi connectivity index (χ1n) is 30.9. The van der Waals surface area contributed by atoms with Crippen molar-refractivity contribution in [3.63, 3.8) is 0 Å². The van der Waals surface area contributed by atoms with Crippen molar-refractivity contribution in [2.45, 2.75) is 43.9 Å². The van der Waals surface area contributed by atoms with Crippen molar-refractivity contribution in [1.82, 2.24) is 0 Å². The van der Waals surface area contributed by atoms with Gasteiger partial charge in [0.25, 0.3) is 0 Å². The van der Waals surface area contributed by atoms with E-state index in [9.17, 15) is 0 Å². The van der Waals surface area contributed by atoms with E-state index in [1.165, 1.54) is 83.5 Å². The van der Waals surface area contributed by atoms with Gasteiger partial charge in [0, 0.05) is 60.9 Å². The molecule has 3 nitrogen and oxygen atoms in total. The second kappa shape index (κ2) is 18.6. The molecule has 0 radical (unpaired) electrons. The van der Waals surface area contributed by atoms with Gasteiger partial charge in [0.15, 0.2) is 0 Å². The zero-order valence-corrected chi connectivity index (χ0v) is 49.5. The maximum atomic E-state index is 7.09. The highest BCUT2D eigenvalue weighted by molar-refractivity contribution is 6.14. The van der Waals surface area contributed by atoms with Crippen LogP contribution in [-0.2, 0) is 16.2 Å². The predicted octanol–water partition coefficient (Wildman–Crippen LogP) is 22.8. The number of hydrogen-bond acceptors (Lipinski definition) is 3. The topological polar surface area (TPSA) is 19.6 Å². The Labute approximate surface area is 513 Å². The molecular formula is C85H60N2O. The van der Waals surface area contributed by atoms with Gasteiger partial charge in [-0.1, -0.05) is 258 Å². The second-order valence-corrected chi connectivity index (χ2v) is 25.4. The zero-order chi connectivity index (χ0) is 58.6. The zero-order valence-electron chi connectivity index (χ0n) is 49.5. The molecule has 0 amide bonds. The van der Waals surface area contributed by atoms with E-state index in [0.29, 0.717) is 0 Å². The van der Waals surface area contributed by atoms with Gasteiger partial charge in [-0.05, 0) is 150 Å². The number of anilines is 6. The Morgan fingerprint density at radius 1 is 0.261 bits per heavy atom. The largest absolute Gasteiger partial charge is 0.455 e. The SMILES string of the molecule is CC1(C)c2ccccc2-c2ccc(N(c3ccc4c(c3)-c3c(N(c5ccc6c(c5)C(C)(C)c5ccccc5-6)c5ccccc5-c5ccccc5)cccc3C43c4ccccc4-c4c3ccc3c4oc4ccccc43)c3ccccc3-c3ccccc3)cc21. The molecule has 0 saturated carbocycles. The molecule has 1 aromatic heterocycles. The normalized spacial score (nSPS) is 15.5. The van der Waals surface area contributed by atoms with Crippen LogP contribution in [0.5, 0.6) is 0 Å². The van der Waals surface area contributed by atoms with Crippen LogP contribution in [0.4, 0.5) is 34.1 Å². The second-order valence-electron chi connectivity index (χ2n) is 25.4. The molecule has 0 saturated heterocycles. The molecule has 14 aromatic rings. The van der Waals surface area contributed by atoms with E-state index < -0.39 is 5.41 Å². The summed E-state index contributed by atoms with van der Waals surface area (Å²) in [6.07, 6.45) is 0. The molecule has 0 aliphatic heterocycles. The van der Waals surface area contributed by atoms with Crippen LogP contribution < -0.4 is 9.80 Å². The smallest absolute Gasteiger partial charge is 0.143 e. The molecule has 18 rings (SSSR count). The molecule has 1 heterocycles. The van der Waals surface area contributed by atoms with Gasteiger partial charge in [-0.15, -0.1) is 0 Å². The van der Waals surface area contributed by atoms with Gasteiger partial charge in [-0.3, -0.25) is 0 Å². The lowest BCUT2D eigenvalue weighted by Gasteiger charge is -2.33. The molecule has 3 heteroatoms. The highest BCUT2D eigenvalue weighted by Crippen LogP contribution is 2.67. The Hall–Kier alpha value is -10.7. The van der Waals surface area contributed by atoms with Crippen LogP contribution in [0, 0.1) is 0 Å². The lowest BCUT2D eigenvalue weighted by atomic mass is 9.70. The van der Waals surface area contributed by atoms with Crippen molar-refractivity contribution >= 4 is 56.1 Å². The van der Waals surface area contributed by atoms with Gasteiger partial charge in [0.1, 0.15) is 11.2 Å². The maximum absolute atomic E-state index is 7.09. The van der Waals surface area contributed by atoms with Gasteiger partial charge < -0.3 is 14.2 Å². The van der Waals surface area contributed by atoms with Crippen LogP contribution in [0.1, 0.15) is 72.2 Å². The van der Waals surface area contributed by atoms with Crippen molar-refractivity contribution in [3.05, 3.63) is 336 Å². The van der Waals surface area contributed by atoms with Crippen molar-refractivity contribution in [2.75, 3.05) is 9.80 Å². The molecule has 4 aliphatic carbocycles. The fraction of sp³-hybridized carbons (Fsp3) is 0.0824. The van der Waals surface area contributed by atoms with Crippen molar-refractivity contribution < 1.29 is 4.42 Å². The standard InChI is InChI=1S/C85H60N2O/c1-83(2)68-34-17-11-30-60(68)62-45-42-56(51-74(62)83)86(76-38-20-14-28-58(76)53-24-7-5-8-25-53)55-44-48-71-67(50-55)80-72(85(71)70-36-19-13-33-66(70)81-73(85)49-47-65-64-32-16-22-41-79(64)88-82(65)81)37-23-40-78(80)87(77-39-21-15-29-59(77)54-26-9-6-10-27-54)57-43-46-63-61-31-12-18-35-69(61)84(3,4)75(63)52-57/h5-52H,1-4H3. The first kappa shape index (κ1) is 50.6. The molecule has 416 valence electrons. The van der Waals surface area contributed by atoms with Crippen LogP contribution in [0.25, 0.3) is 88.7 Å². The lowest BCUT2D eigenvalue weighted by Crippen LogP contribution is -2.26. The van der Waals surface area contributed by atoms with E-state index in [4.69, 9.17) is 4.42 Å². The minimum Gasteiger partial charge on any atom is -0.455 e. The molecule has 1 atom stereocenters. The fourth-order valence-corrected chi connectivity index (χ4v) is 16.4. The Morgan fingerprint density at radius 3 is 1.33 bits per heavy atom. The first-order chi connectivity index (χ1) is 43.2. The van der Waals surface area contributed by atoms with Crippen molar-refractivity contribution in [2.24, 2.45) is 0 Å². The minimum atomic E-state index is -0.735. The lowest BCUT2D eigenvalue weighted by molar-refractivity contribution is 0.660. The van der Waals surface area contributed by atoms with Crippen LogP contribution >= 0.6 is 0 Å². The van der Waals surface area contributed by atoms with Gasteiger partial charge in [-0.2, -0.15) is 0 Å². The number of furan rings is 1. The third-order valence-corrected chi connectivity index (χ3v) is 20.3. The summed E-state index contributed by atoms with van der Waals surface area (Å²) in [5.74, 6) is 0. The Kier molecular flexibility index (Phi) is 10.7. The first-order valence-corrected chi connectivity index (χ1v) is 30.9. The van der Waals surface area contributed by atoms with Crippen molar-refractivity contribution in [3.8, 4) is 66.8 Å². The van der Waals surface area contributed by atoms with E-state index in [1.54, 1.807) is 0 Å². The fourth-order valence-electron chi connectivity index (χ4n) is 16.4. The van der Waals surface area contributed by atoms with Gasteiger partial charge in [0.2, 0.25) is 0 Å². The average molecular weight is 1130 g/mol. The minimum absolute atomic E-state index is 0.214. The van der Waals surface area contributed by atoms with Crippen LogP contribution in [-0.4, -0.2) is 0 Å². The van der Waals surface area contributed by atoms with Crippen LogP contribution in [0.3, 0.4) is 0 Å². The van der Waals surface area contributed by atoms with Gasteiger partial charge >= 0.3 is 0 Å². The number of rotatable bonds is 8. The highest BCUT2D eigenvalue weighted by atomic mass is 16.3. The molecule has 0 bridgehead atoms. The third kappa shape index (κ3) is 6.90. The molecule has 0 fully saturated rings. The molecule has 4 aliphatic rings. The molecule has 0 N–H and O–H groups in total. The summed E-state index contributed by atoms with van der Waals surface area (Å²) < 4.78 is 7.09. The van der Waals surface area contributed by atoms with E-state index in [2.05, 4.69) is 329 Å². The third-order valence-electron chi connectivity index (χ3n) is 20.3. The summed E-state index contributed by atoms with van der Waals surface area (Å²) in [6.45, 7) is 9.55. The number of hydrogen-bond donors (Lipinski definition) is 0. The highest BCUT2D eigenvalue weighted by Gasteiger charge is 2.54. The number of fused-ring (bicyclic) bond motifs is 20. The Bertz CT molecular complexity index is 5240. The van der Waals surface area contributed by atoms with Crippen LogP contribution in [0.2, 0.25) is 0 Å². The molecule has 13 aromatic carbocycles. The maximum Gasteiger partial charge on any atom is 0.143 e. The summed E-state index contributed by atoms with van der Waals surface area (Å²) in [5.41, 5.74) is 32.1. The Balaban J connectivity index is 0.952. The predicted molar refractivity (Wildman–Crippen MR) is 365 cm³/mol. The molecule has 1 unspecified atom stereocenters. The number of para-hydroxylation sites is 3. The summed E-state index contributed by atoms with van der Waals surface area (Å²) in [4.78, 5) is 5.12. The molecule has 88 heavy (non-hydrogen) atoms. The number of nitrogens with zero attached hydrogens (tertiary/aromatic N) is 2. The Morgan fingerprint density at radius 2 is 0.693 bits per heavy atom. The van der Waals surface area contributed by atoms with E-state index >= 15 is 0 Å². The van der Waals surface area contributed by atoms with E-state index in [-0.39, 0.29) is 10.8 Å². The molecular weight excluding hydrogens is 1060 g/mol. The van der Waals surface area contributed by atoms with Gasteiger partial charge in [0.05, 0.1) is 22.5 Å². The summed E-state index contributed by atoms with van der Waals surface area (Å²) in [5, 5.41) is 2.25. The summed E-state index contributed by atoms with van der Waals surface area (Å²) in [7, 11) is 0. The monoisotopic (exact) mass is 1120 g/mol. The molecule has 1 spiro atoms. The quantitative estimate of drug-likeness (QED) is 0.151. The average Bonchev–Trinajstić information content (AvgIpc) is 1.52. The number of benzene rings is 13. The summed E-state index contributed by atoms with van der Waals surface area (Å²) >= 11 is 0. The van der Waals surface area contributed by atoms with Gasteiger partial charge in [-0.25, -0.2) is 0 Å². The van der Waals surface area contributed by atoms with Crippen LogP contribution in [0.15, 0.2) is 296 Å². The summed E-state index contributed by atoms with van der Waals surface area (Å²) in [6, 6.07) is 109.